The summed E-state index contributed by atoms with van der Waals surface area (Å²) < 4.78 is 1.81. The Morgan fingerprint density at radius 3 is 2.50 bits per heavy atom. The quantitative estimate of drug-likeness (QED) is 0.445. The lowest BCUT2D eigenvalue weighted by atomic mass is 10.1. The number of pyridine rings is 1. The first-order chi connectivity index (χ1) is 14.8. The van der Waals surface area contributed by atoms with E-state index in [4.69, 9.17) is 5.10 Å². The molecule has 6 heteroatoms. The molecular weight excluding hydrogens is 372 g/mol. The Bertz CT molecular complexity index is 1360. The fourth-order valence-electron chi connectivity index (χ4n) is 3.33. The van der Waals surface area contributed by atoms with Gasteiger partial charge in [-0.05, 0) is 42.5 Å². The minimum absolute atomic E-state index is 0.439. The summed E-state index contributed by atoms with van der Waals surface area (Å²) in [6.07, 6.45) is 7.20. The number of para-hydroxylation sites is 3. The van der Waals surface area contributed by atoms with Crippen LogP contribution in [0.4, 0.5) is 0 Å². The molecule has 0 aliphatic carbocycles. The minimum Gasteiger partial charge on any atom is -0.337 e. The van der Waals surface area contributed by atoms with E-state index in [2.05, 4.69) is 21.0 Å². The highest BCUT2D eigenvalue weighted by molar-refractivity contribution is 5.92. The van der Waals surface area contributed by atoms with E-state index in [9.17, 15) is 5.26 Å². The van der Waals surface area contributed by atoms with Gasteiger partial charge in [-0.2, -0.15) is 10.4 Å². The Balaban J connectivity index is 1.66. The van der Waals surface area contributed by atoms with Crippen molar-refractivity contribution in [3.05, 3.63) is 96.7 Å². The van der Waals surface area contributed by atoms with E-state index in [1.54, 1.807) is 12.4 Å². The van der Waals surface area contributed by atoms with Crippen LogP contribution in [0.2, 0.25) is 0 Å². The molecule has 0 saturated carbocycles. The van der Waals surface area contributed by atoms with Gasteiger partial charge >= 0.3 is 0 Å². The van der Waals surface area contributed by atoms with E-state index in [1.165, 1.54) is 0 Å². The van der Waals surface area contributed by atoms with Crippen LogP contribution in [0, 0.1) is 11.3 Å². The van der Waals surface area contributed by atoms with Crippen molar-refractivity contribution >= 4 is 22.7 Å². The van der Waals surface area contributed by atoms with Crippen LogP contribution in [-0.4, -0.2) is 24.7 Å². The lowest BCUT2D eigenvalue weighted by Gasteiger charge is -2.00. The van der Waals surface area contributed by atoms with Gasteiger partial charge in [-0.15, -0.1) is 0 Å². The van der Waals surface area contributed by atoms with Gasteiger partial charge in [0.2, 0.25) is 0 Å². The molecule has 30 heavy (non-hydrogen) atoms. The van der Waals surface area contributed by atoms with E-state index in [1.807, 2.05) is 83.7 Å². The van der Waals surface area contributed by atoms with Crippen LogP contribution in [0.1, 0.15) is 11.4 Å². The minimum atomic E-state index is 0.439. The average molecular weight is 388 g/mol. The predicted molar refractivity (Wildman–Crippen MR) is 116 cm³/mol. The van der Waals surface area contributed by atoms with Crippen LogP contribution in [-0.2, 0) is 0 Å². The molecule has 0 fully saturated rings. The van der Waals surface area contributed by atoms with Gasteiger partial charge in [0.05, 0.1) is 22.3 Å². The lowest BCUT2D eigenvalue weighted by Crippen LogP contribution is -1.93. The first kappa shape index (κ1) is 17.6. The maximum Gasteiger partial charge on any atom is 0.149 e. The predicted octanol–water partition coefficient (Wildman–Crippen LogP) is 4.87. The zero-order valence-electron chi connectivity index (χ0n) is 15.9. The van der Waals surface area contributed by atoms with E-state index in [0.717, 1.165) is 33.5 Å². The highest BCUT2D eigenvalue weighted by Gasteiger charge is 2.14. The number of H-pyrrole nitrogens is 1. The summed E-state index contributed by atoms with van der Waals surface area (Å²) >= 11 is 0. The van der Waals surface area contributed by atoms with Gasteiger partial charge in [-0.3, -0.25) is 4.98 Å². The number of allylic oxidation sites excluding steroid dienone is 1. The maximum absolute atomic E-state index is 9.84. The molecule has 6 nitrogen and oxygen atoms in total. The molecule has 0 saturated heterocycles. The molecule has 2 aromatic carbocycles. The third-order valence-electron chi connectivity index (χ3n) is 4.78. The Morgan fingerprint density at radius 1 is 0.967 bits per heavy atom. The fourth-order valence-corrected chi connectivity index (χ4v) is 3.33. The molecule has 5 aromatic rings. The Kier molecular flexibility index (Phi) is 4.39. The Morgan fingerprint density at radius 2 is 1.73 bits per heavy atom. The number of benzene rings is 2. The molecule has 0 spiro atoms. The van der Waals surface area contributed by atoms with Crippen LogP contribution in [0.15, 0.2) is 85.3 Å². The molecule has 142 valence electrons. The van der Waals surface area contributed by atoms with Gasteiger partial charge < -0.3 is 4.98 Å². The number of hydrogen-bond acceptors (Lipinski definition) is 4. The van der Waals surface area contributed by atoms with Crippen LogP contribution >= 0.6 is 0 Å². The summed E-state index contributed by atoms with van der Waals surface area (Å²) in [5.41, 5.74) is 5.61. The summed E-state index contributed by atoms with van der Waals surface area (Å²) in [6.45, 7) is 0. The van der Waals surface area contributed by atoms with Crippen molar-refractivity contribution in [3.8, 4) is 23.0 Å². The van der Waals surface area contributed by atoms with Crippen LogP contribution < -0.4 is 0 Å². The van der Waals surface area contributed by atoms with Crippen molar-refractivity contribution in [1.29, 1.82) is 5.26 Å². The van der Waals surface area contributed by atoms with Crippen LogP contribution in [0.25, 0.3) is 39.6 Å². The summed E-state index contributed by atoms with van der Waals surface area (Å²) in [7, 11) is 0. The second-order valence-corrected chi connectivity index (χ2v) is 6.72. The van der Waals surface area contributed by atoms with Gasteiger partial charge in [0.25, 0.3) is 0 Å². The summed E-state index contributed by atoms with van der Waals surface area (Å²) in [5.74, 6) is 0.534. The monoisotopic (exact) mass is 388 g/mol. The molecular formula is C24H16N6. The number of hydrogen-bond donors (Lipinski definition) is 1. The molecule has 0 bridgehead atoms. The molecule has 0 aliphatic heterocycles. The van der Waals surface area contributed by atoms with Crippen molar-refractivity contribution in [3.63, 3.8) is 0 Å². The second-order valence-electron chi connectivity index (χ2n) is 6.72. The van der Waals surface area contributed by atoms with Gasteiger partial charge in [0, 0.05) is 29.7 Å². The summed E-state index contributed by atoms with van der Waals surface area (Å²) in [4.78, 5) is 11.9. The van der Waals surface area contributed by atoms with E-state index in [-0.39, 0.29) is 0 Å². The second kappa shape index (κ2) is 7.49. The molecule has 0 unspecified atom stereocenters. The summed E-state index contributed by atoms with van der Waals surface area (Å²) in [5, 5.41) is 14.6. The molecule has 0 aliphatic rings. The number of nitrogens with zero attached hydrogens (tertiary/aromatic N) is 5. The first-order valence-electron chi connectivity index (χ1n) is 9.44. The normalized spacial score (nSPS) is 11.5. The SMILES string of the molecule is N#C/C(=C\c1cn(-c2ccccc2)nc1-c1ccncc1)c1nc2ccccc2[nH]1. The van der Waals surface area contributed by atoms with Gasteiger partial charge in [0.1, 0.15) is 17.6 Å². The smallest absolute Gasteiger partial charge is 0.149 e. The van der Waals surface area contributed by atoms with E-state index >= 15 is 0 Å². The van der Waals surface area contributed by atoms with Crippen molar-refractivity contribution in [2.75, 3.05) is 0 Å². The Hall–Kier alpha value is -4.50. The topological polar surface area (TPSA) is 83.2 Å². The number of nitrogens with one attached hydrogen (secondary N) is 1. The molecule has 5 rings (SSSR count). The highest BCUT2D eigenvalue weighted by Crippen LogP contribution is 2.27. The standard InChI is InChI=1S/C24H16N6/c25-15-18(24-27-21-8-4-5-9-22(21)28-24)14-19-16-30(20-6-2-1-3-7-20)29-23(19)17-10-12-26-13-11-17/h1-14,16H,(H,27,28)/b18-14+. The zero-order valence-corrected chi connectivity index (χ0v) is 15.9. The number of nitriles is 1. The van der Waals surface area contributed by atoms with Gasteiger partial charge in [-0.25, -0.2) is 9.67 Å². The fraction of sp³-hybridized carbons (Fsp3) is 0. The molecule has 0 amide bonds. The number of aromatic nitrogens is 5. The van der Waals surface area contributed by atoms with Crippen molar-refractivity contribution < 1.29 is 0 Å². The van der Waals surface area contributed by atoms with Crippen molar-refractivity contribution in [2.24, 2.45) is 0 Å². The lowest BCUT2D eigenvalue weighted by molar-refractivity contribution is 0.884. The molecule has 3 aromatic heterocycles. The number of imidazole rings is 1. The van der Waals surface area contributed by atoms with Crippen molar-refractivity contribution in [1.82, 2.24) is 24.7 Å². The number of rotatable bonds is 4. The third-order valence-corrected chi connectivity index (χ3v) is 4.78. The molecule has 3 heterocycles. The molecule has 1 N–H and O–H groups in total. The molecule has 0 atom stereocenters. The largest absolute Gasteiger partial charge is 0.337 e. The maximum atomic E-state index is 9.84. The number of aromatic amines is 1. The van der Waals surface area contributed by atoms with Crippen molar-refractivity contribution in [2.45, 2.75) is 0 Å². The zero-order chi connectivity index (χ0) is 20.3. The molecule has 0 radical (unpaired) electrons. The first-order valence-corrected chi connectivity index (χ1v) is 9.44. The number of fused-ring (bicyclic) bond motifs is 1. The van der Waals surface area contributed by atoms with Gasteiger partial charge in [-0.1, -0.05) is 30.3 Å². The average Bonchev–Trinajstić information content (AvgIpc) is 3.43. The highest BCUT2D eigenvalue weighted by atomic mass is 15.3. The van der Waals surface area contributed by atoms with E-state index < -0.39 is 0 Å². The summed E-state index contributed by atoms with van der Waals surface area (Å²) in [6, 6.07) is 23.7. The van der Waals surface area contributed by atoms with Crippen LogP contribution in [0.3, 0.4) is 0 Å². The van der Waals surface area contributed by atoms with E-state index in [0.29, 0.717) is 11.4 Å². The van der Waals surface area contributed by atoms with Crippen LogP contribution in [0.5, 0.6) is 0 Å². The third kappa shape index (κ3) is 3.25. The Labute approximate surface area is 172 Å². The van der Waals surface area contributed by atoms with Gasteiger partial charge in [0.15, 0.2) is 0 Å².